The standard InChI is InChI=1S/C11H17N3O/c1-4-8(2)14-11(15)10-7-9(12-3)5-6-13-10/h5-8H,4H2,1-3H3,(H,12,13)(H,14,15). The van der Waals surface area contributed by atoms with Crippen LogP contribution in [-0.2, 0) is 0 Å². The first kappa shape index (κ1) is 11.5. The van der Waals surface area contributed by atoms with Gasteiger partial charge in [0, 0.05) is 25.0 Å². The highest BCUT2D eigenvalue weighted by Crippen LogP contribution is 2.06. The van der Waals surface area contributed by atoms with Crippen LogP contribution < -0.4 is 10.6 Å². The lowest BCUT2D eigenvalue weighted by Crippen LogP contribution is -2.32. The summed E-state index contributed by atoms with van der Waals surface area (Å²) in [6, 6.07) is 3.73. The summed E-state index contributed by atoms with van der Waals surface area (Å²) >= 11 is 0. The maximum atomic E-state index is 11.7. The van der Waals surface area contributed by atoms with Gasteiger partial charge in [-0.1, -0.05) is 6.92 Å². The molecule has 82 valence electrons. The van der Waals surface area contributed by atoms with Gasteiger partial charge in [0.2, 0.25) is 0 Å². The SMILES string of the molecule is CCC(C)NC(=O)c1cc(NC)ccn1. The second kappa shape index (κ2) is 5.34. The lowest BCUT2D eigenvalue weighted by Gasteiger charge is -2.11. The average molecular weight is 207 g/mol. The first-order chi connectivity index (χ1) is 7.17. The molecular weight excluding hydrogens is 190 g/mol. The largest absolute Gasteiger partial charge is 0.388 e. The molecule has 0 aliphatic rings. The van der Waals surface area contributed by atoms with E-state index in [-0.39, 0.29) is 11.9 Å². The minimum atomic E-state index is -0.124. The Bertz CT molecular complexity index is 338. The van der Waals surface area contributed by atoms with Gasteiger partial charge < -0.3 is 10.6 Å². The molecule has 4 nitrogen and oxygen atoms in total. The van der Waals surface area contributed by atoms with Crippen LogP contribution in [0.5, 0.6) is 0 Å². The molecule has 1 heterocycles. The van der Waals surface area contributed by atoms with Gasteiger partial charge in [0.15, 0.2) is 0 Å². The number of pyridine rings is 1. The summed E-state index contributed by atoms with van der Waals surface area (Å²) in [5.41, 5.74) is 1.33. The second-order valence-electron chi connectivity index (χ2n) is 3.46. The van der Waals surface area contributed by atoms with Crippen LogP contribution in [0.15, 0.2) is 18.3 Å². The molecule has 1 rings (SSSR count). The maximum absolute atomic E-state index is 11.7. The van der Waals surface area contributed by atoms with E-state index in [9.17, 15) is 4.79 Å². The number of nitrogens with one attached hydrogen (secondary N) is 2. The molecule has 1 aromatic rings. The van der Waals surface area contributed by atoms with Crippen molar-refractivity contribution < 1.29 is 4.79 Å². The molecule has 0 saturated carbocycles. The number of hydrogen-bond acceptors (Lipinski definition) is 3. The summed E-state index contributed by atoms with van der Waals surface area (Å²) in [7, 11) is 1.81. The fourth-order valence-corrected chi connectivity index (χ4v) is 1.11. The van der Waals surface area contributed by atoms with Crippen molar-refractivity contribution >= 4 is 11.6 Å². The Labute approximate surface area is 90.1 Å². The van der Waals surface area contributed by atoms with Crippen molar-refractivity contribution in [2.24, 2.45) is 0 Å². The maximum Gasteiger partial charge on any atom is 0.270 e. The molecule has 4 heteroatoms. The fourth-order valence-electron chi connectivity index (χ4n) is 1.11. The van der Waals surface area contributed by atoms with Crippen molar-refractivity contribution in [3.05, 3.63) is 24.0 Å². The fraction of sp³-hybridized carbons (Fsp3) is 0.455. The first-order valence-corrected chi connectivity index (χ1v) is 5.12. The molecule has 0 aromatic carbocycles. The number of aromatic nitrogens is 1. The molecule has 0 radical (unpaired) electrons. The van der Waals surface area contributed by atoms with Gasteiger partial charge in [0.1, 0.15) is 5.69 Å². The van der Waals surface area contributed by atoms with E-state index in [2.05, 4.69) is 15.6 Å². The lowest BCUT2D eigenvalue weighted by molar-refractivity contribution is 0.0934. The second-order valence-corrected chi connectivity index (χ2v) is 3.46. The van der Waals surface area contributed by atoms with Gasteiger partial charge >= 0.3 is 0 Å². The first-order valence-electron chi connectivity index (χ1n) is 5.12. The van der Waals surface area contributed by atoms with Crippen molar-refractivity contribution in [3.63, 3.8) is 0 Å². The molecule has 1 aromatic heterocycles. The predicted octanol–water partition coefficient (Wildman–Crippen LogP) is 1.65. The Kier molecular flexibility index (Phi) is 4.09. The molecule has 0 fully saturated rings. The molecule has 0 aliphatic heterocycles. The zero-order chi connectivity index (χ0) is 11.3. The topological polar surface area (TPSA) is 54.0 Å². The van der Waals surface area contributed by atoms with E-state index in [4.69, 9.17) is 0 Å². The number of carbonyl (C=O) groups excluding carboxylic acids is 1. The number of hydrogen-bond donors (Lipinski definition) is 2. The molecular formula is C11H17N3O. The van der Waals surface area contributed by atoms with Crippen molar-refractivity contribution in [2.75, 3.05) is 12.4 Å². The summed E-state index contributed by atoms with van der Waals surface area (Å²) in [5.74, 6) is -0.124. The van der Waals surface area contributed by atoms with Crippen LogP contribution >= 0.6 is 0 Å². The Hall–Kier alpha value is -1.58. The molecule has 2 N–H and O–H groups in total. The molecule has 0 saturated heterocycles. The van der Waals surface area contributed by atoms with Crippen LogP contribution in [0, 0.1) is 0 Å². The molecule has 0 aliphatic carbocycles. The lowest BCUT2D eigenvalue weighted by atomic mass is 10.2. The number of anilines is 1. The van der Waals surface area contributed by atoms with E-state index in [1.807, 2.05) is 27.0 Å². The number of rotatable bonds is 4. The summed E-state index contributed by atoms with van der Waals surface area (Å²) in [4.78, 5) is 15.7. The molecule has 1 amide bonds. The third-order valence-corrected chi connectivity index (χ3v) is 2.27. The van der Waals surface area contributed by atoms with Gasteiger partial charge in [-0.25, -0.2) is 0 Å². The summed E-state index contributed by atoms with van der Waals surface area (Å²) in [5, 5.41) is 5.84. The van der Waals surface area contributed by atoms with E-state index in [0.29, 0.717) is 5.69 Å². The Balaban J connectivity index is 2.73. The smallest absolute Gasteiger partial charge is 0.270 e. The van der Waals surface area contributed by atoms with E-state index < -0.39 is 0 Å². The number of carbonyl (C=O) groups is 1. The zero-order valence-electron chi connectivity index (χ0n) is 9.37. The van der Waals surface area contributed by atoms with Crippen molar-refractivity contribution in [1.29, 1.82) is 0 Å². The summed E-state index contributed by atoms with van der Waals surface area (Å²) in [6.45, 7) is 4.00. The molecule has 1 unspecified atom stereocenters. The molecule has 0 spiro atoms. The molecule has 1 atom stereocenters. The normalized spacial score (nSPS) is 11.9. The van der Waals surface area contributed by atoms with Gasteiger partial charge in [-0.3, -0.25) is 9.78 Å². The highest BCUT2D eigenvalue weighted by molar-refractivity contribution is 5.93. The van der Waals surface area contributed by atoms with Crippen molar-refractivity contribution in [3.8, 4) is 0 Å². The minimum absolute atomic E-state index is 0.124. The van der Waals surface area contributed by atoms with E-state index in [1.165, 1.54) is 0 Å². The van der Waals surface area contributed by atoms with Crippen LogP contribution in [0.25, 0.3) is 0 Å². The van der Waals surface area contributed by atoms with Gasteiger partial charge in [-0.15, -0.1) is 0 Å². The van der Waals surface area contributed by atoms with E-state index >= 15 is 0 Å². The number of nitrogens with zero attached hydrogens (tertiary/aromatic N) is 1. The van der Waals surface area contributed by atoms with Gasteiger partial charge in [-0.05, 0) is 25.5 Å². The summed E-state index contributed by atoms with van der Waals surface area (Å²) in [6.07, 6.45) is 2.54. The zero-order valence-corrected chi connectivity index (χ0v) is 9.37. The summed E-state index contributed by atoms with van der Waals surface area (Å²) < 4.78 is 0. The van der Waals surface area contributed by atoms with Gasteiger partial charge in [0.05, 0.1) is 0 Å². The monoisotopic (exact) mass is 207 g/mol. The number of amides is 1. The minimum Gasteiger partial charge on any atom is -0.388 e. The van der Waals surface area contributed by atoms with E-state index in [1.54, 1.807) is 12.3 Å². The van der Waals surface area contributed by atoms with Gasteiger partial charge in [-0.2, -0.15) is 0 Å². The van der Waals surface area contributed by atoms with Crippen LogP contribution in [-0.4, -0.2) is 24.0 Å². The van der Waals surface area contributed by atoms with Crippen LogP contribution in [0.4, 0.5) is 5.69 Å². The van der Waals surface area contributed by atoms with Crippen LogP contribution in [0.2, 0.25) is 0 Å². The average Bonchev–Trinajstić information content (AvgIpc) is 2.28. The molecule has 0 bridgehead atoms. The highest BCUT2D eigenvalue weighted by Gasteiger charge is 2.09. The van der Waals surface area contributed by atoms with Crippen LogP contribution in [0.1, 0.15) is 30.8 Å². The predicted molar refractivity (Wildman–Crippen MR) is 61.0 cm³/mol. The Morgan fingerprint density at radius 1 is 1.60 bits per heavy atom. The third kappa shape index (κ3) is 3.23. The van der Waals surface area contributed by atoms with E-state index in [0.717, 1.165) is 12.1 Å². The Morgan fingerprint density at radius 2 is 2.33 bits per heavy atom. The molecule has 15 heavy (non-hydrogen) atoms. The van der Waals surface area contributed by atoms with Gasteiger partial charge in [0.25, 0.3) is 5.91 Å². The van der Waals surface area contributed by atoms with Crippen molar-refractivity contribution in [2.45, 2.75) is 26.3 Å². The quantitative estimate of drug-likeness (QED) is 0.789. The highest BCUT2D eigenvalue weighted by atomic mass is 16.1. The Morgan fingerprint density at radius 3 is 2.93 bits per heavy atom. The van der Waals surface area contributed by atoms with Crippen molar-refractivity contribution in [1.82, 2.24) is 10.3 Å². The third-order valence-electron chi connectivity index (χ3n) is 2.27. The van der Waals surface area contributed by atoms with Crippen LogP contribution in [0.3, 0.4) is 0 Å².